The first-order chi connectivity index (χ1) is 12.6. The van der Waals surface area contributed by atoms with Crippen molar-refractivity contribution >= 4 is 41.0 Å². The molecular formula is C16H18ClF3N4O2S. The number of amides is 2. The van der Waals surface area contributed by atoms with Gasteiger partial charge in [-0.15, -0.1) is 11.8 Å². The van der Waals surface area contributed by atoms with Crippen LogP contribution >= 0.6 is 23.4 Å². The average Bonchev–Trinajstić information content (AvgIpc) is 3.08. The smallest absolute Gasteiger partial charge is 0.367 e. The van der Waals surface area contributed by atoms with E-state index in [4.69, 9.17) is 11.6 Å². The lowest BCUT2D eigenvalue weighted by Crippen LogP contribution is -2.50. The largest absolute Gasteiger partial charge is 0.417 e. The molecule has 2 fully saturated rings. The van der Waals surface area contributed by atoms with E-state index in [9.17, 15) is 22.8 Å². The van der Waals surface area contributed by atoms with Crippen LogP contribution in [0.15, 0.2) is 12.3 Å². The first kappa shape index (κ1) is 20.1. The Balaban J connectivity index is 1.49. The van der Waals surface area contributed by atoms with E-state index in [1.807, 2.05) is 6.92 Å². The van der Waals surface area contributed by atoms with Crippen LogP contribution in [0.5, 0.6) is 0 Å². The minimum atomic E-state index is -4.51. The number of hydrogen-bond acceptors (Lipinski definition) is 5. The molecule has 27 heavy (non-hydrogen) atoms. The van der Waals surface area contributed by atoms with Crippen molar-refractivity contribution in [1.82, 2.24) is 15.2 Å². The van der Waals surface area contributed by atoms with Gasteiger partial charge in [-0.3, -0.25) is 9.59 Å². The number of rotatable bonds is 5. The second-order valence-corrected chi connectivity index (χ2v) is 8.44. The predicted molar refractivity (Wildman–Crippen MR) is 96.5 cm³/mol. The molecule has 0 spiro atoms. The van der Waals surface area contributed by atoms with Crippen LogP contribution in [0.3, 0.4) is 0 Å². The number of aromatic nitrogens is 1. The monoisotopic (exact) mass is 422 g/mol. The van der Waals surface area contributed by atoms with Crippen LogP contribution in [0.25, 0.3) is 0 Å². The first-order valence-corrected chi connectivity index (χ1v) is 9.68. The number of nitrogens with one attached hydrogen (secondary N) is 2. The Bertz CT molecular complexity index is 764. The Morgan fingerprint density at radius 2 is 2.22 bits per heavy atom. The van der Waals surface area contributed by atoms with E-state index in [2.05, 4.69) is 15.6 Å². The van der Waals surface area contributed by atoms with Gasteiger partial charge in [-0.2, -0.15) is 13.2 Å². The Morgan fingerprint density at radius 3 is 2.89 bits per heavy atom. The summed E-state index contributed by atoms with van der Waals surface area (Å²) in [5, 5.41) is 5.38. The highest BCUT2D eigenvalue weighted by atomic mass is 35.5. The normalized spacial score (nSPS) is 24.9. The minimum Gasteiger partial charge on any atom is -0.367 e. The fourth-order valence-corrected chi connectivity index (χ4v) is 4.89. The molecule has 0 aromatic carbocycles. The van der Waals surface area contributed by atoms with Crippen molar-refractivity contribution in [1.29, 1.82) is 0 Å². The standard InChI is InChI=1S/C16H18ClF3N4O2S/c1-15-3-2-12(25)24(15)11(8-27-15)14(26)22-5-4-21-13-10(17)6-9(7-23-13)16(18,19)20/h6-7,11H,2-5,8H2,1H3,(H,21,23)(H,22,26). The summed E-state index contributed by atoms with van der Waals surface area (Å²) in [5.74, 6) is 0.405. The molecule has 148 valence electrons. The summed E-state index contributed by atoms with van der Waals surface area (Å²) in [6.07, 6.45) is -2.63. The summed E-state index contributed by atoms with van der Waals surface area (Å²) in [5.41, 5.74) is -0.927. The Kier molecular flexibility index (Phi) is 5.49. The number of carbonyl (C=O) groups excluding carboxylic acids is 2. The summed E-state index contributed by atoms with van der Waals surface area (Å²) in [4.78, 5) is 29.5. The summed E-state index contributed by atoms with van der Waals surface area (Å²) in [6.45, 7) is 2.42. The third-order valence-corrected chi connectivity index (χ3v) is 6.43. The molecule has 0 aliphatic carbocycles. The van der Waals surface area contributed by atoms with Crippen LogP contribution in [-0.2, 0) is 15.8 Å². The lowest BCUT2D eigenvalue weighted by Gasteiger charge is -2.29. The van der Waals surface area contributed by atoms with E-state index < -0.39 is 17.8 Å². The lowest BCUT2D eigenvalue weighted by atomic mass is 10.2. The topological polar surface area (TPSA) is 74.3 Å². The third kappa shape index (κ3) is 4.11. The van der Waals surface area contributed by atoms with Gasteiger partial charge in [0.2, 0.25) is 11.8 Å². The maximum absolute atomic E-state index is 12.6. The molecule has 0 radical (unpaired) electrons. The third-order valence-electron chi connectivity index (χ3n) is 4.63. The Labute approximate surface area is 163 Å². The second kappa shape index (κ2) is 7.38. The van der Waals surface area contributed by atoms with E-state index in [-0.39, 0.29) is 40.6 Å². The quantitative estimate of drug-likeness (QED) is 0.714. The molecule has 2 N–H and O–H groups in total. The summed E-state index contributed by atoms with van der Waals surface area (Å²) < 4.78 is 37.8. The van der Waals surface area contributed by atoms with Crippen LogP contribution in [0.1, 0.15) is 25.3 Å². The van der Waals surface area contributed by atoms with E-state index in [1.54, 1.807) is 16.7 Å². The number of alkyl halides is 3. The highest BCUT2D eigenvalue weighted by Crippen LogP contribution is 2.47. The van der Waals surface area contributed by atoms with Gasteiger partial charge in [-0.05, 0) is 19.4 Å². The molecule has 11 heteroatoms. The zero-order valence-corrected chi connectivity index (χ0v) is 16.0. The average molecular weight is 423 g/mol. The zero-order chi connectivity index (χ0) is 19.8. The Hall–Kier alpha value is -1.68. The molecular weight excluding hydrogens is 405 g/mol. The number of anilines is 1. The number of hydrogen-bond donors (Lipinski definition) is 2. The number of pyridine rings is 1. The molecule has 2 amide bonds. The molecule has 1 aromatic rings. The maximum Gasteiger partial charge on any atom is 0.417 e. The van der Waals surface area contributed by atoms with E-state index >= 15 is 0 Å². The van der Waals surface area contributed by atoms with Crippen LogP contribution < -0.4 is 10.6 Å². The number of nitrogens with zero attached hydrogens (tertiary/aromatic N) is 2. The number of fused-ring (bicyclic) bond motifs is 1. The lowest BCUT2D eigenvalue weighted by molar-refractivity contribution is -0.138. The molecule has 2 aliphatic heterocycles. The van der Waals surface area contributed by atoms with E-state index in [0.29, 0.717) is 18.4 Å². The van der Waals surface area contributed by atoms with Gasteiger partial charge in [0.05, 0.1) is 15.5 Å². The number of halogens is 4. The van der Waals surface area contributed by atoms with Crippen molar-refractivity contribution in [2.24, 2.45) is 0 Å². The molecule has 1 aromatic heterocycles. The van der Waals surface area contributed by atoms with Crippen molar-refractivity contribution in [3.05, 3.63) is 22.8 Å². The molecule has 0 saturated carbocycles. The highest BCUT2D eigenvalue weighted by Gasteiger charge is 2.52. The molecule has 0 bridgehead atoms. The second-order valence-electron chi connectivity index (χ2n) is 6.54. The van der Waals surface area contributed by atoms with Crippen LogP contribution in [0.4, 0.5) is 19.0 Å². The number of thioether (sulfide) groups is 1. The fraction of sp³-hybridized carbons (Fsp3) is 0.562. The summed E-state index contributed by atoms with van der Waals surface area (Å²) >= 11 is 7.42. The van der Waals surface area contributed by atoms with Crippen molar-refractivity contribution in [2.75, 3.05) is 24.2 Å². The van der Waals surface area contributed by atoms with Gasteiger partial charge in [0, 0.05) is 31.5 Å². The molecule has 6 nitrogen and oxygen atoms in total. The molecule has 2 aliphatic rings. The van der Waals surface area contributed by atoms with E-state index in [1.165, 1.54) is 0 Å². The van der Waals surface area contributed by atoms with Crippen LogP contribution in [-0.4, -0.2) is 51.5 Å². The Morgan fingerprint density at radius 1 is 1.48 bits per heavy atom. The van der Waals surface area contributed by atoms with Gasteiger partial charge in [0.25, 0.3) is 0 Å². The van der Waals surface area contributed by atoms with Crippen LogP contribution in [0, 0.1) is 0 Å². The maximum atomic E-state index is 12.6. The SMILES string of the molecule is CC12CCC(=O)N1C(C(=O)NCCNc1ncc(C(F)(F)F)cc1Cl)CS2. The fourth-order valence-electron chi connectivity index (χ4n) is 3.22. The molecule has 2 saturated heterocycles. The van der Waals surface area contributed by atoms with Crippen molar-refractivity contribution < 1.29 is 22.8 Å². The van der Waals surface area contributed by atoms with Crippen LogP contribution in [0.2, 0.25) is 5.02 Å². The minimum absolute atomic E-state index is 0.0125. The summed E-state index contributed by atoms with van der Waals surface area (Å²) in [7, 11) is 0. The van der Waals surface area contributed by atoms with Gasteiger partial charge < -0.3 is 15.5 Å². The zero-order valence-electron chi connectivity index (χ0n) is 14.4. The van der Waals surface area contributed by atoms with Crippen molar-refractivity contribution in [3.8, 4) is 0 Å². The summed E-state index contributed by atoms with van der Waals surface area (Å²) in [6, 6.07) is 0.299. The predicted octanol–water partition coefficient (Wildman–Crippen LogP) is 2.74. The van der Waals surface area contributed by atoms with E-state index in [0.717, 1.165) is 12.5 Å². The van der Waals surface area contributed by atoms with Gasteiger partial charge in [-0.1, -0.05) is 11.6 Å². The van der Waals surface area contributed by atoms with Gasteiger partial charge in [-0.25, -0.2) is 4.98 Å². The van der Waals surface area contributed by atoms with Crippen molar-refractivity contribution in [2.45, 2.75) is 36.9 Å². The van der Waals surface area contributed by atoms with Crippen molar-refractivity contribution in [3.63, 3.8) is 0 Å². The number of carbonyl (C=O) groups is 2. The highest BCUT2D eigenvalue weighted by molar-refractivity contribution is 8.01. The molecule has 3 rings (SSSR count). The molecule has 3 heterocycles. The molecule has 2 atom stereocenters. The molecule has 2 unspecified atom stereocenters. The first-order valence-electron chi connectivity index (χ1n) is 8.32. The van der Waals surface area contributed by atoms with Gasteiger partial charge in [0.15, 0.2) is 0 Å². The van der Waals surface area contributed by atoms with Gasteiger partial charge in [0.1, 0.15) is 11.9 Å². The van der Waals surface area contributed by atoms with Gasteiger partial charge >= 0.3 is 6.18 Å².